The van der Waals surface area contributed by atoms with Gasteiger partial charge in [-0.1, -0.05) is 6.07 Å². The van der Waals surface area contributed by atoms with Crippen molar-refractivity contribution in [3.8, 4) is 5.75 Å². The van der Waals surface area contributed by atoms with E-state index in [1.807, 2.05) is 56.3 Å². The van der Waals surface area contributed by atoms with E-state index in [1.54, 1.807) is 25.6 Å². The summed E-state index contributed by atoms with van der Waals surface area (Å²) < 4.78 is 5.15. The van der Waals surface area contributed by atoms with E-state index in [-0.39, 0.29) is 5.91 Å². The maximum atomic E-state index is 12.5. The van der Waals surface area contributed by atoms with Crippen LogP contribution in [-0.4, -0.2) is 18.0 Å². The van der Waals surface area contributed by atoms with Gasteiger partial charge in [-0.3, -0.25) is 9.78 Å². The predicted octanol–water partition coefficient (Wildman–Crippen LogP) is 4.70. The largest absolute Gasteiger partial charge is 0.497 e. The van der Waals surface area contributed by atoms with Gasteiger partial charge in [-0.15, -0.1) is 0 Å². The fourth-order valence-electron chi connectivity index (χ4n) is 2.50. The van der Waals surface area contributed by atoms with Gasteiger partial charge in [0.1, 0.15) is 5.75 Å². The monoisotopic (exact) mass is 347 g/mol. The second-order valence-corrected chi connectivity index (χ2v) is 6.07. The van der Waals surface area contributed by atoms with Gasteiger partial charge in [-0.25, -0.2) is 0 Å². The maximum absolute atomic E-state index is 12.5. The highest BCUT2D eigenvalue weighted by Crippen LogP contribution is 2.21. The summed E-state index contributed by atoms with van der Waals surface area (Å²) in [5, 5.41) is 6.14. The number of nitrogens with one attached hydrogen (secondary N) is 2. The second-order valence-electron chi connectivity index (χ2n) is 6.07. The Labute approximate surface area is 153 Å². The molecule has 0 unspecified atom stereocenters. The Hall–Kier alpha value is -3.34. The van der Waals surface area contributed by atoms with Gasteiger partial charge >= 0.3 is 0 Å². The summed E-state index contributed by atoms with van der Waals surface area (Å²) in [6.45, 7) is 4.06. The zero-order valence-corrected chi connectivity index (χ0v) is 15.0. The van der Waals surface area contributed by atoms with Crippen molar-refractivity contribution in [1.82, 2.24) is 4.98 Å². The lowest BCUT2D eigenvalue weighted by molar-refractivity contribution is 0.102. The third kappa shape index (κ3) is 4.19. The topological polar surface area (TPSA) is 63.2 Å². The molecular weight excluding hydrogens is 326 g/mol. The van der Waals surface area contributed by atoms with Crippen molar-refractivity contribution in [2.45, 2.75) is 13.8 Å². The van der Waals surface area contributed by atoms with Crippen LogP contribution in [0.25, 0.3) is 0 Å². The van der Waals surface area contributed by atoms with Gasteiger partial charge < -0.3 is 15.4 Å². The number of aromatic nitrogens is 1. The van der Waals surface area contributed by atoms with Crippen LogP contribution in [-0.2, 0) is 0 Å². The smallest absolute Gasteiger partial charge is 0.257 e. The Kier molecular flexibility index (Phi) is 5.17. The Morgan fingerprint density at radius 2 is 1.62 bits per heavy atom. The maximum Gasteiger partial charge on any atom is 0.257 e. The highest BCUT2D eigenvalue weighted by Gasteiger charge is 2.08. The molecule has 0 atom stereocenters. The van der Waals surface area contributed by atoms with Gasteiger partial charge in [-0.2, -0.15) is 0 Å². The van der Waals surface area contributed by atoms with Crippen LogP contribution in [0, 0.1) is 13.8 Å². The van der Waals surface area contributed by atoms with Crippen LogP contribution in [0.1, 0.15) is 21.5 Å². The number of aryl methyl sites for hydroxylation is 2. The molecule has 5 nitrogen and oxygen atoms in total. The molecule has 3 rings (SSSR count). The fourth-order valence-corrected chi connectivity index (χ4v) is 2.50. The molecule has 2 N–H and O–H groups in total. The number of pyridine rings is 1. The number of hydrogen-bond donors (Lipinski definition) is 2. The number of methoxy groups -OCH3 is 1. The zero-order chi connectivity index (χ0) is 18.5. The van der Waals surface area contributed by atoms with E-state index in [0.717, 1.165) is 28.4 Å². The quantitative estimate of drug-likeness (QED) is 0.702. The first-order valence-electron chi connectivity index (χ1n) is 8.30. The normalized spacial score (nSPS) is 10.3. The van der Waals surface area contributed by atoms with E-state index in [4.69, 9.17) is 4.74 Å². The molecule has 26 heavy (non-hydrogen) atoms. The summed E-state index contributed by atoms with van der Waals surface area (Å²) in [4.78, 5) is 16.7. The predicted molar refractivity (Wildman–Crippen MR) is 104 cm³/mol. The molecule has 0 saturated heterocycles. The summed E-state index contributed by atoms with van der Waals surface area (Å²) in [5.41, 5.74) is 5.21. The molecule has 0 radical (unpaired) electrons. The average molecular weight is 347 g/mol. The Balaban J connectivity index is 1.73. The van der Waals surface area contributed by atoms with Crippen LogP contribution in [0.5, 0.6) is 5.75 Å². The Bertz CT molecular complexity index is 921. The van der Waals surface area contributed by atoms with Gasteiger partial charge in [-0.05, 0) is 67.4 Å². The molecule has 5 heteroatoms. The molecule has 0 aliphatic carbocycles. The summed E-state index contributed by atoms with van der Waals surface area (Å²) in [7, 11) is 1.63. The van der Waals surface area contributed by atoms with Gasteiger partial charge in [0, 0.05) is 17.6 Å². The van der Waals surface area contributed by atoms with E-state index in [1.165, 1.54) is 5.56 Å². The first-order chi connectivity index (χ1) is 12.5. The van der Waals surface area contributed by atoms with Crippen LogP contribution in [0.3, 0.4) is 0 Å². The molecular formula is C21H21N3O2. The third-order valence-electron chi connectivity index (χ3n) is 4.14. The van der Waals surface area contributed by atoms with E-state index in [0.29, 0.717) is 5.56 Å². The van der Waals surface area contributed by atoms with Crippen molar-refractivity contribution in [1.29, 1.82) is 0 Å². The highest BCUT2D eigenvalue weighted by molar-refractivity contribution is 6.04. The number of benzene rings is 2. The first-order valence-corrected chi connectivity index (χ1v) is 8.30. The molecule has 0 spiro atoms. The minimum absolute atomic E-state index is 0.195. The minimum Gasteiger partial charge on any atom is -0.497 e. The molecule has 0 bridgehead atoms. The van der Waals surface area contributed by atoms with Gasteiger partial charge in [0.2, 0.25) is 0 Å². The number of ether oxygens (including phenoxy) is 1. The van der Waals surface area contributed by atoms with Gasteiger partial charge in [0.15, 0.2) is 0 Å². The number of anilines is 3. The summed E-state index contributed by atoms with van der Waals surface area (Å²) >= 11 is 0. The van der Waals surface area contributed by atoms with Crippen molar-refractivity contribution in [2.24, 2.45) is 0 Å². The lowest BCUT2D eigenvalue weighted by Crippen LogP contribution is -2.12. The number of hydrogen-bond acceptors (Lipinski definition) is 4. The van der Waals surface area contributed by atoms with Gasteiger partial charge in [0.25, 0.3) is 5.91 Å². The lowest BCUT2D eigenvalue weighted by atomic mass is 10.1. The number of nitrogens with zero attached hydrogens (tertiary/aromatic N) is 1. The van der Waals surface area contributed by atoms with Crippen molar-refractivity contribution in [2.75, 3.05) is 17.7 Å². The highest BCUT2D eigenvalue weighted by atomic mass is 16.5. The van der Waals surface area contributed by atoms with E-state index < -0.39 is 0 Å². The molecule has 0 fully saturated rings. The summed E-state index contributed by atoms with van der Waals surface area (Å²) in [5.74, 6) is 0.592. The first kappa shape index (κ1) is 17.5. The van der Waals surface area contributed by atoms with Gasteiger partial charge in [0.05, 0.1) is 24.6 Å². The van der Waals surface area contributed by atoms with Crippen molar-refractivity contribution in [3.05, 3.63) is 77.6 Å². The molecule has 0 aliphatic heterocycles. The third-order valence-corrected chi connectivity index (χ3v) is 4.14. The Morgan fingerprint density at radius 3 is 2.31 bits per heavy atom. The zero-order valence-electron chi connectivity index (χ0n) is 15.0. The molecule has 1 aromatic heterocycles. The number of carbonyl (C=O) groups is 1. The fraction of sp³-hybridized carbons (Fsp3) is 0.143. The number of rotatable bonds is 5. The number of amides is 1. The standard InChI is InChI=1S/C21H21N3O2/c1-14-4-5-18(10-15(14)2)24-21(25)16-11-19(13-22-12-16)23-17-6-8-20(26-3)9-7-17/h4-13,23H,1-3H3,(H,24,25). The molecule has 132 valence electrons. The molecule has 1 amide bonds. The second kappa shape index (κ2) is 7.70. The summed E-state index contributed by atoms with van der Waals surface area (Å²) in [6, 6.07) is 15.2. The minimum atomic E-state index is -0.195. The van der Waals surface area contributed by atoms with Crippen molar-refractivity contribution >= 4 is 23.0 Å². The SMILES string of the molecule is COc1ccc(Nc2cncc(C(=O)Nc3ccc(C)c(C)c3)c2)cc1. The average Bonchev–Trinajstić information content (AvgIpc) is 2.65. The van der Waals surface area contributed by atoms with Crippen LogP contribution < -0.4 is 15.4 Å². The molecule has 1 heterocycles. The van der Waals surface area contributed by atoms with E-state index >= 15 is 0 Å². The molecule has 2 aromatic carbocycles. The van der Waals surface area contributed by atoms with Crippen LogP contribution in [0.4, 0.5) is 17.1 Å². The lowest BCUT2D eigenvalue weighted by Gasteiger charge is -2.10. The molecule has 0 saturated carbocycles. The van der Waals surface area contributed by atoms with Crippen molar-refractivity contribution < 1.29 is 9.53 Å². The summed E-state index contributed by atoms with van der Waals surface area (Å²) in [6.07, 6.45) is 3.23. The molecule has 0 aliphatic rings. The van der Waals surface area contributed by atoms with E-state index in [9.17, 15) is 4.79 Å². The number of carbonyl (C=O) groups excluding carboxylic acids is 1. The van der Waals surface area contributed by atoms with E-state index in [2.05, 4.69) is 15.6 Å². The van der Waals surface area contributed by atoms with Crippen LogP contribution in [0.2, 0.25) is 0 Å². The Morgan fingerprint density at radius 1 is 0.885 bits per heavy atom. The molecule has 3 aromatic rings. The van der Waals surface area contributed by atoms with Crippen molar-refractivity contribution in [3.63, 3.8) is 0 Å². The van der Waals surface area contributed by atoms with Crippen LogP contribution in [0.15, 0.2) is 60.9 Å². The van der Waals surface area contributed by atoms with Crippen LogP contribution >= 0.6 is 0 Å².